The van der Waals surface area contributed by atoms with E-state index in [1.165, 1.54) is 0 Å². The Kier molecular flexibility index (Phi) is 6.63. The molecule has 0 bridgehead atoms. The molecule has 7 nitrogen and oxygen atoms in total. The lowest BCUT2D eigenvalue weighted by Gasteiger charge is -2.36. The van der Waals surface area contributed by atoms with E-state index in [4.69, 9.17) is 11.6 Å². The van der Waals surface area contributed by atoms with Crippen LogP contribution in [0.15, 0.2) is 36.7 Å². The van der Waals surface area contributed by atoms with E-state index in [2.05, 4.69) is 21.0 Å². The topological polar surface area (TPSA) is 88.1 Å². The fourth-order valence-electron chi connectivity index (χ4n) is 3.08. The lowest BCUT2D eigenvalue weighted by atomic mass is 9.87. The van der Waals surface area contributed by atoms with Crippen molar-refractivity contribution in [2.75, 3.05) is 25.5 Å². The molecule has 0 aliphatic carbocycles. The SMILES string of the molecule is CNC(=O)c1ccc(NC(=O)C2(n3cccn3)CCNCC2)cc1Cl.Cl. The number of benzene rings is 1. The Balaban J connectivity index is 0.00000243. The van der Waals surface area contributed by atoms with Gasteiger partial charge in [-0.1, -0.05) is 11.6 Å². The van der Waals surface area contributed by atoms with Crippen LogP contribution in [0.4, 0.5) is 5.69 Å². The van der Waals surface area contributed by atoms with E-state index in [1.54, 1.807) is 36.1 Å². The largest absolute Gasteiger partial charge is 0.355 e. The molecular formula is C17H21Cl2N5O2. The van der Waals surface area contributed by atoms with Gasteiger partial charge in [0, 0.05) is 25.1 Å². The van der Waals surface area contributed by atoms with Gasteiger partial charge >= 0.3 is 0 Å². The molecule has 1 aromatic heterocycles. The number of nitrogens with zero attached hydrogens (tertiary/aromatic N) is 2. The zero-order valence-electron chi connectivity index (χ0n) is 14.3. The van der Waals surface area contributed by atoms with Crippen LogP contribution in [0, 0.1) is 0 Å². The van der Waals surface area contributed by atoms with Crippen molar-refractivity contribution in [3.05, 3.63) is 47.2 Å². The predicted octanol–water partition coefficient (Wildman–Crippen LogP) is 2.04. The second kappa shape index (κ2) is 8.53. The van der Waals surface area contributed by atoms with Crippen LogP contribution in [-0.4, -0.2) is 41.7 Å². The highest BCUT2D eigenvalue weighted by atomic mass is 35.5. The van der Waals surface area contributed by atoms with Gasteiger partial charge in [-0.3, -0.25) is 14.3 Å². The molecule has 9 heteroatoms. The maximum absolute atomic E-state index is 13.1. The normalized spacial score (nSPS) is 15.6. The van der Waals surface area contributed by atoms with E-state index in [1.807, 2.05) is 12.3 Å². The summed E-state index contributed by atoms with van der Waals surface area (Å²) < 4.78 is 1.73. The number of carbonyl (C=O) groups is 2. The highest BCUT2D eigenvalue weighted by Gasteiger charge is 2.42. The summed E-state index contributed by atoms with van der Waals surface area (Å²) in [7, 11) is 1.54. The van der Waals surface area contributed by atoms with Crippen LogP contribution in [0.3, 0.4) is 0 Å². The third-order valence-corrected chi connectivity index (χ3v) is 4.81. The van der Waals surface area contributed by atoms with Gasteiger partial charge in [0.2, 0.25) is 0 Å². The summed E-state index contributed by atoms with van der Waals surface area (Å²) in [6.07, 6.45) is 4.77. The molecule has 0 saturated carbocycles. The molecule has 1 saturated heterocycles. The van der Waals surface area contributed by atoms with E-state index >= 15 is 0 Å². The van der Waals surface area contributed by atoms with Crippen LogP contribution in [0.1, 0.15) is 23.2 Å². The van der Waals surface area contributed by atoms with Crippen molar-refractivity contribution in [1.29, 1.82) is 0 Å². The van der Waals surface area contributed by atoms with Crippen LogP contribution in [0.2, 0.25) is 5.02 Å². The summed E-state index contributed by atoms with van der Waals surface area (Å²) in [4.78, 5) is 24.8. The number of amides is 2. The van der Waals surface area contributed by atoms with Crippen molar-refractivity contribution in [3.8, 4) is 0 Å². The number of carbonyl (C=O) groups excluding carboxylic acids is 2. The second-order valence-corrected chi connectivity index (χ2v) is 6.37. The molecule has 140 valence electrons. The van der Waals surface area contributed by atoms with Crippen LogP contribution >= 0.6 is 24.0 Å². The van der Waals surface area contributed by atoms with E-state index in [0.29, 0.717) is 24.1 Å². The van der Waals surface area contributed by atoms with Crippen molar-refractivity contribution in [2.45, 2.75) is 18.4 Å². The second-order valence-electron chi connectivity index (χ2n) is 5.96. The molecule has 0 radical (unpaired) electrons. The first-order valence-electron chi connectivity index (χ1n) is 8.11. The highest BCUT2D eigenvalue weighted by molar-refractivity contribution is 6.34. The Labute approximate surface area is 162 Å². The van der Waals surface area contributed by atoms with E-state index in [9.17, 15) is 9.59 Å². The molecule has 1 aliphatic heterocycles. The van der Waals surface area contributed by atoms with Crippen molar-refractivity contribution in [2.24, 2.45) is 0 Å². The van der Waals surface area contributed by atoms with E-state index in [0.717, 1.165) is 13.1 Å². The van der Waals surface area contributed by atoms with Crippen LogP contribution in [0.25, 0.3) is 0 Å². The third kappa shape index (κ3) is 3.85. The number of anilines is 1. The van der Waals surface area contributed by atoms with Gasteiger partial charge in [0.25, 0.3) is 11.8 Å². The molecule has 1 aromatic carbocycles. The lowest BCUT2D eigenvalue weighted by Crippen LogP contribution is -2.52. The summed E-state index contributed by atoms with van der Waals surface area (Å²) >= 11 is 6.17. The molecule has 2 aromatic rings. The summed E-state index contributed by atoms with van der Waals surface area (Å²) in [5.41, 5.74) is 0.180. The molecule has 0 spiro atoms. The molecule has 2 heterocycles. The number of hydrogen-bond acceptors (Lipinski definition) is 4. The molecule has 3 rings (SSSR count). The fraction of sp³-hybridized carbons (Fsp3) is 0.353. The average molecular weight is 398 g/mol. The average Bonchev–Trinajstić information content (AvgIpc) is 3.17. The predicted molar refractivity (Wildman–Crippen MR) is 103 cm³/mol. The third-order valence-electron chi connectivity index (χ3n) is 4.49. The van der Waals surface area contributed by atoms with Crippen molar-refractivity contribution >= 4 is 41.5 Å². The maximum Gasteiger partial charge on any atom is 0.252 e. The minimum Gasteiger partial charge on any atom is -0.355 e. The van der Waals surface area contributed by atoms with Gasteiger partial charge in [0.15, 0.2) is 0 Å². The number of nitrogens with one attached hydrogen (secondary N) is 3. The quantitative estimate of drug-likeness (QED) is 0.736. The number of aromatic nitrogens is 2. The molecule has 3 N–H and O–H groups in total. The first kappa shape index (κ1) is 20.2. The van der Waals surface area contributed by atoms with Gasteiger partial charge < -0.3 is 16.0 Å². The molecular weight excluding hydrogens is 377 g/mol. The molecule has 0 atom stereocenters. The number of piperidine rings is 1. The summed E-state index contributed by atoms with van der Waals surface area (Å²) in [5.74, 6) is -0.407. The smallest absolute Gasteiger partial charge is 0.252 e. The summed E-state index contributed by atoms with van der Waals surface area (Å²) in [5, 5.41) is 13.3. The molecule has 2 amide bonds. The monoisotopic (exact) mass is 397 g/mol. The maximum atomic E-state index is 13.1. The minimum atomic E-state index is -0.735. The lowest BCUT2D eigenvalue weighted by molar-refractivity contribution is -0.126. The molecule has 1 aliphatic rings. The van der Waals surface area contributed by atoms with Gasteiger partial charge in [0.05, 0.1) is 10.6 Å². The number of hydrogen-bond donors (Lipinski definition) is 3. The van der Waals surface area contributed by atoms with Gasteiger partial charge in [-0.25, -0.2) is 0 Å². The Morgan fingerprint density at radius 1 is 1.31 bits per heavy atom. The Morgan fingerprint density at radius 3 is 2.62 bits per heavy atom. The van der Waals surface area contributed by atoms with Gasteiger partial charge in [-0.2, -0.15) is 5.10 Å². The van der Waals surface area contributed by atoms with Gasteiger partial charge in [0.1, 0.15) is 5.54 Å². The van der Waals surface area contributed by atoms with E-state index < -0.39 is 5.54 Å². The van der Waals surface area contributed by atoms with Gasteiger partial charge in [-0.15, -0.1) is 12.4 Å². The number of rotatable bonds is 4. The first-order chi connectivity index (χ1) is 12.1. The van der Waals surface area contributed by atoms with Crippen LogP contribution in [0.5, 0.6) is 0 Å². The first-order valence-corrected chi connectivity index (χ1v) is 8.48. The molecule has 0 unspecified atom stereocenters. The Bertz CT molecular complexity index is 773. The van der Waals surface area contributed by atoms with Crippen molar-refractivity contribution in [3.63, 3.8) is 0 Å². The van der Waals surface area contributed by atoms with E-state index in [-0.39, 0.29) is 29.2 Å². The highest BCUT2D eigenvalue weighted by Crippen LogP contribution is 2.29. The summed E-state index contributed by atoms with van der Waals surface area (Å²) in [6.45, 7) is 1.48. The Morgan fingerprint density at radius 2 is 2.04 bits per heavy atom. The standard InChI is InChI=1S/C17H20ClN5O2.ClH/c1-19-15(24)13-4-3-12(11-14(13)18)22-16(25)17(5-8-20-9-6-17)23-10-2-7-21-23;/h2-4,7,10-11,20H,5-6,8-9H2,1H3,(H,19,24)(H,22,25);1H. The van der Waals surface area contributed by atoms with Crippen molar-refractivity contribution in [1.82, 2.24) is 20.4 Å². The zero-order valence-corrected chi connectivity index (χ0v) is 15.9. The van der Waals surface area contributed by atoms with Gasteiger partial charge in [-0.05, 0) is 50.2 Å². The fourth-order valence-corrected chi connectivity index (χ4v) is 3.35. The van der Waals surface area contributed by atoms with Crippen molar-refractivity contribution < 1.29 is 9.59 Å². The van der Waals surface area contributed by atoms with Crippen LogP contribution < -0.4 is 16.0 Å². The van der Waals surface area contributed by atoms with Crippen LogP contribution in [-0.2, 0) is 10.3 Å². The minimum absolute atomic E-state index is 0. The molecule has 1 fully saturated rings. The Hall–Kier alpha value is -2.09. The number of halogens is 2. The molecule has 26 heavy (non-hydrogen) atoms. The summed E-state index contributed by atoms with van der Waals surface area (Å²) in [6, 6.07) is 6.67. The zero-order chi connectivity index (χ0) is 17.9.